The summed E-state index contributed by atoms with van der Waals surface area (Å²) in [5.74, 6) is 0.262. The topological polar surface area (TPSA) is 64.4 Å². The minimum atomic E-state index is -0.478. The lowest BCUT2D eigenvalue weighted by Gasteiger charge is -2.31. The molecule has 1 saturated heterocycles. The van der Waals surface area contributed by atoms with Gasteiger partial charge in [0.1, 0.15) is 6.54 Å². The van der Waals surface area contributed by atoms with Gasteiger partial charge in [0.25, 0.3) is 5.56 Å². The molecule has 1 aliphatic heterocycles. The van der Waals surface area contributed by atoms with Gasteiger partial charge in [0.15, 0.2) is 0 Å². The number of hydrogen-bond donors (Lipinski definition) is 0. The molecular weight excluding hydrogens is 246 g/mol. The van der Waals surface area contributed by atoms with E-state index in [-0.39, 0.29) is 12.1 Å². The minimum absolute atomic E-state index is 0.146. The first-order valence-electron chi connectivity index (χ1n) is 6.49. The molecular formula is C13H19N3O3. The second kappa shape index (κ2) is 5.86. The van der Waals surface area contributed by atoms with Crippen molar-refractivity contribution >= 4 is 11.7 Å². The molecule has 0 saturated carbocycles. The van der Waals surface area contributed by atoms with E-state index >= 15 is 0 Å². The fraction of sp³-hybridized carbons (Fsp3) is 0.615. The highest BCUT2D eigenvalue weighted by molar-refractivity contribution is 5.68. The third kappa shape index (κ3) is 3.33. The number of esters is 1. The van der Waals surface area contributed by atoms with Crippen LogP contribution < -0.4 is 10.5 Å². The summed E-state index contributed by atoms with van der Waals surface area (Å²) in [6.45, 7) is 3.99. The van der Waals surface area contributed by atoms with E-state index in [1.54, 1.807) is 6.20 Å². The van der Waals surface area contributed by atoms with Crippen molar-refractivity contribution in [3.05, 3.63) is 22.6 Å². The Morgan fingerprint density at radius 3 is 2.74 bits per heavy atom. The Bertz CT molecular complexity index is 504. The van der Waals surface area contributed by atoms with Gasteiger partial charge in [0, 0.05) is 19.2 Å². The SMILES string of the molecule is COC(=O)Cn1ncc(N2CCC(C)CC2)cc1=O. The van der Waals surface area contributed by atoms with Crippen molar-refractivity contribution in [3.63, 3.8) is 0 Å². The number of rotatable bonds is 3. The second-order valence-corrected chi connectivity index (χ2v) is 4.96. The highest BCUT2D eigenvalue weighted by Crippen LogP contribution is 2.20. The van der Waals surface area contributed by atoms with Crippen LogP contribution in [-0.4, -0.2) is 35.9 Å². The van der Waals surface area contributed by atoms with Crippen LogP contribution in [0.5, 0.6) is 0 Å². The van der Waals surface area contributed by atoms with E-state index in [4.69, 9.17) is 0 Å². The van der Waals surface area contributed by atoms with E-state index in [1.807, 2.05) is 0 Å². The van der Waals surface area contributed by atoms with E-state index < -0.39 is 5.97 Å². The molecule has 1 fully saturated rings. The van der Waals surface area contributed by atoms with Gasteiger partial charge in [-0.2, -0.15) is 5.10 Å². The zero-order valence-corrected chi connectivity index (χ0v) is 11.3. The van der Waals surface area contributed by atoms with E-state index in [9.17, 15) is 9.59 Å². The van der Waals surface area contributed by atoms with E-state index in [2.05, 4.69) is 21.7 Å². The number of nitrogens with zero attached hydrogens (tertiary/aromatic N) is 3. The number of aromatic nitrogens is 2. The van der Waals surface area contributed by atoms with Crippen LogP contribution in [0.4, 0.5) is 5.69 Å². The van der Waals surface area contributed by atoms with Crippen LogP contribution >= 0.6 is 0 Å². The monoisotopic (exact) mass is 265 g/mol. The Kier molecular flexibility index (Phi) is 4.19. The van der Waals surface area contributed by atoms with Gasteiger partial charge in [-0.05, 0) is 18.8 Å². The van der Waals surface area contributed by atoms with Crippen LogP contribution in [0.15, 0.2) is 17.1 Å². The molecule has 0 amide bonds. The quantitative estimate of drug-likeness (QED) is 0.751. The van der Waals surface area contributed by atoms with Gasteiger partial charge >= 0.3 is 5.97 Å². The fourth-order valence-corrected chi connectivity index (χ4v) is 2.17. The highest BCUT2D eigenvalue weighted by atomic mass is 16.5. The molecule has 2 rings (SSSR count). The molecule has 1 aromatic heterocycles. The standard InChI is InChI=1S/C13H19N3O3/c1-10-3-5-15(6-4-10)11-7-12(17)16(14-8-11)9-13(18)19-2/h7-8,10H,3-6,9H2,1-2H3. The minimum Gasteiger partial charge on any atom is -0.468 e. The Morgan fingerprint density at radius 2 is 2.16 bits per heavy atom. The number of methoxy groups -OCH3 is 1. The lowest BCUT2D eigenvalue weighted by molar-refractivity contribution is -0.141. The molecule has 1 aliphatic rings. The molecule has 0 radical (unpaired) electrons. The predicted octanol–water partition coefficient (Wildman–Crippen LogP) is 0.653. The normalized spacial score (nSPS) is 16.4. The third-order valence-corrected chi connectivity index (χ3v) is 3.51. The van der Waals surface area contributed by atoms with Gasteiger partial charge in [-0.1, -0.05) is 6.92 Å². The van der Waals surface area contributed by atoms with Gasteiger partial charge < -0.3 is 9.64 Å². The lowest BCUT2D eigenvalue weighted by atomic mass is 9.99. The summed E-state index contributed by atoms with van der Waals surface area (Å²) < 4.78 is 5.63. The third-order valence-electron chi connectivity index (χ3n) is 3.51. The molecule has 1 aromatic rings. The predicted molar refractivity (Wildman–Crippen MR) is 71.1 cm³/mol. The molecule has 0 aliphatic carbocycles. The first kappa shape index (κ1) is 13.6. The van der Waals surface area contributed by atoms with Crippen molar-refractivity contribution in [2.75, 3.05) is 25.1 Å². The van der Waals surface area contributed by atoms with Crippen molar-refractivity contribution < 1.29 is 9.53 Å². The van der Waals surface area contributed by atoms with Crippen LogP contribution in [0.3, 0.4) is 0 Å². The first-order valence-corrected chi connectivity index (χ1v) is 6.49. The second-order valence-electron chi connectivity index (χ2n) is 4.96. The maximum Gasteiger partial charge on any atom is 0.327 e. The zero-order valence-electron chi connectivity index (χ0n) is 11.3. The molecule has 0 bridgehead atoms. The summed E-state index contributed by atoms with van der Waals surface area (Å²) in [6.07, 6.45) is 3.90. The summed E-state index contributed by atoms with van der Waals surface area (Å²) >= 11 is 0. The maximum atomic E-state index is 11.9. The number of piperidine rings is 1. The molecule has 2 heterocycles. The van der Waals surface area contributed by atoms with Crippen LogP contribution in [0.25, 0.3) is 0 Å². The molecule has 6 nitrogen and oxygen atoms in total. The number of carbonyl (C=O) groups is 1. The van der Waals surface area contributed by atoms with E-state index in [0.717, 1.165) is 42.2 Å². The number of ether oxygens (including phenoxy) is 1. The Morgan fingerprint density at radius 1 is 1.47 bits per heavy atom. The average molecular weight is 265 g/mol. The van der Waals surface area contributed by atoms with E-state index in [1.165, 1.54) is 13.2 Å². The van der Waals surface area contributed by atoms with Gasteiger partial charge in [-0.3, -0.25) is 9.59 Å². The summed E-state index contributed by atoms with van der Waals surface area (Å²) in [5, 5.41) is 4.02. The lowest BCUT2D eigenvalue weighted by Crippen LogP contribution is -2.35. The smallest absolute Gasteiger partial charge is 0.327 e. The van der Waals surface area contributed by atoms with Crippen LogP contribution in [-0.2, 0) is 16.1 Å². The van der Waals surface area contributed by atoms with Crippen molar-refractivity contribution in [3.8, 4) is 0 Å². The molecule has 6 heteroatoms. The Hall–Kier alpha value is -1.85. The molecule has 0 N–H and O–H groups in total. The van der Waals surface area contributed by atoms with Crippen molar-refractivity contribution in [1.29, 1.82) is 0 Å². The summed E-state index contributed by atoms with van der Waals surface area (Å²) in [4.78, 5) is 25.2. The molecule has 104 valence electrons. The first-order chi connectivity index (χ1) is 9.10. The van der Waals surface area contributed by atoms with Gasteiger partial charge in [0.2, 0.25) is 0 Å². The van der Waals surface area contributed by atoms with Gasteiger partial charge in [0.05, 0.1) is 19.0 Å². The van der Waals surface area contributed by atoms with Crippen molar-refractivity contribution in [1.82, 2.24) is 9.78 Å². The summed E-state index contributed by atoms with van der Waals surface area (Å²) in [6, 6.07) is 1.53. The number of carbonyl (C=O) groups excluding carboxylic acids is 1. The van der Waals surface area contributed by atoms with Gasteiger partial charge in [-0.15, -0.1) is 0 Å². The Balaban J connectivity index is 2.10. The summed E-state index contributed by atoms with van der Waals surface area (Å²) in [5.41, 5.74) is 0.555. The van der Waals surface area contributed by atoms with Crippen LogP contribution in [0.2, 0.25) is 0 Å². The van der Waals surface area contributed by atoms with Crippen molar-refractivity contribution in [2.24, 2.45) is 5.92 Å². The van der Waals surface area contributed by atoms with Crippen LogP contribution in [0.1, 0.15) is 19.8 Å². The molecule has 19 heavy (non-hydrogen) atoms. The number of anilines is 1. The molecule has 0 unspecified atom stereocenters. The molecule has 0 atom stereocenters. The summed E-state index contributed by atoms with van der Waals surface area (Å²) in [7, 11) is 1.29. The average Bonchev–Trinajstić information content (AvgIpc) is 2.41. The van der Waals surface area contributed by atoms with Gasteiger partial charge in [-0.25, -0.2) is 4.68 Å². The largest absolute Gasteiger partial charge is 0.468 e. The zero-order chi connectivity index (χ0) is 13.8. The maximum absolute atomic E-state index is 11.9. The Labute approximate surface area is 112 Å². The number of hydrogen-bond acceptors (Lipinski definition) is 5. The van der Waals surface area contributed by atoms with Crippen molar-refractivity contribution in [2.45, 2.75) is 26.3 Å². The molecule has 0 aromatic carbocycles. The molecule has 0 spiro atoms. The van der Waals surface area contributed by atoms with E-state index in [0.29, 0.717) is 0 Å². The highest BCUT2D eigenvalue weighted by Gasteiger charge is 2.17. The fourth-order valence-electron chi connectivity index (χ4n) is 2.17. The van der Waals surface area contributed by atoms with Crippen LogP contribution in [0, 0.1) is 5.92 Å².